The van der Waals surface area contributed by atoms with Gasteiger partial charge >= 0.3 is 6.03 Å². The zero-order valence-corrected chi connectivity index (χ0v) is 10.8. The van der Waals surface area contributed by atoms with E-state index in [9.17, 15) is 4.79 Å². The average molecular weight is 277 g/mol. The molecule has 0 aromatic heterocycles. The van der Waals surface area contributed by atoms with Crippen molar-refractivity contribution in [3.8, 4) is 0 Å². The standard InChI is InChI=1S/C11H14Cl2N2O2/c1-7(16)4-5-14-11(17)15-8-2-3-9(12)10(13)6-8/h2-3,6-7,16H,4-5H2,1H3,(H2,14,15,17). The Hall–Kier alpha value is -0.970. The zero-order chi connectivity index (χ0) is 12.8. The van der Waals surface area contributed by atoms with E-state index in [0.717, 1.165) is 0 Å². The predicted molar refractivity (Wildman–Crippen MR) is 69.8 cm³/mol. The van der Waals surface area contributed by atoms with E-state index in [4.69, 9.17) is 28.3 Å². The second-order valence-electron chi connectivity index (χ2n) is 3.65. The van der Waals surface area contributed by atoms with Crippen molar-refractivity contribution in [3.63, 3.8) is 0 Å². The normalized spacial score (nSPS) is 12.0. The van der Waals surface area contributed by atoms with Crippen LogP contribution in [0.2, 0.25) is 10.0 Å². The van der Waals surface area contributed by atoms with Crippen molar-refractivity contribution >= 4 is 34.9 Å². The monoisotopic (exact) mass is 276 g/mol. The maximum absolute atomic E-state index is 11.4. The Morgan fingerprint density at radius 3 is 2.71 bits per heavy atom. The number of rotatable bonds is 4. The van der Waals surface area contributed by atoms with Gasteiger partial charge in [-0.15, -0.1) is 0 Å². The van der Waals surface area contributed by atoms with Crippen molar-refractivity contribution in [1.82, 2.24) is 5.32 Å². The molecule has 0 fully saturated rings. The largest absolute Gasteiger partial charge is 0.393 e. The molecule has 17 heavy (non-hydrogen) atoms. The molecule has 0 bridgehead atoms. The van der Waals surface area contributed by atoms with Crippen LogP contribution in [0.25, 0.3) is 0 Å². The Morgan fingerprint density at radius 1 is 1.41 bits per heavy atom. The fraction of sp³-hybridized carbons (Fsp3) is 0.364. The molecule has 1 atom stereocenters. The lowest BCUT2D eigenvalue weighted by molar-refractivity contribution is 0.184. The maximum atomic E-state index is 11.4. The van der Waals surface area contributed by atoms with Crippen molar-refractivity contribution in [2.45, 2.75) is 19.4 Å². The van der Waals surface area contributed by atoms with Crippen LogP contribution in [-0.4, -0.2) is 23.8 Å². The molecule has 0 heterocycles. The third-order valence-electron chi connectivity index (χ3n) is 2.03. The Morgan fingerprint density at radius 2 is 2.12 bits per heavy atom. The number of aliphatic hydroxyl groups is 1. The molecular formula is C11H14Cl2N2O2. The lowest BCUT2D eigenvalue weighted by Gasteiger charge is -2.09. The first kappa shape index (κ1) is 14.1. The highest BCUT2D eigenvalue weighted by atomic mass is 35.5. The van der Waals surface area contributed by atoms with Gasteiger partial charge in [0.2, 0.25) is 0 Å². The molecule has 3 N–H and O–H groups in total. The molecule has 1 unspecified atom stereocenters. The zero-order valence-electron chi connectivity index (χ0n) is 9.34. The molecule has 0 aliphatic heterocycles. The topological polar surface area (TPSA) is 61.4 Å². The smallest absolute Gasteiger partial charge is 0.319 e. The predicted octanol–water partition coefficient (Wildman–Crippen LogP) is 2.89. The van der Waals surface area contributed by atoms with Gasteiger partial charge in [0, 0.05) is 12.2 Å². The summed E-state index contributed by atoms with van der Waals surface area (Å²) in [6.45, 7) is 2.07. The van der Waals surface area contributed by atoms with Crippen molar-refractivity contribution < 1.29 is 9.90 Å². The van der Waals surface area contributed by atoms with Crippen molar-refractivity contribution in [2.75, 3.05) is 11.9 Å². The molecule has 4 nitrogen and oxygen atoms in total. The second-order valence-corrected chi connectivity index (χ2v) is 4.46. The first-order valence-electron chi connectivity index (χ1n) is 5.17. The first-order chi connectivity index (χ1) is 7.99. The van der Waals surface area contributed by atoms with Crippen LogP contribution in [0.15, 0.2) is 18.2 Å². The van der Waals surface area contributed by atoms with Gasteiger partial charge in [-0.25, -0.2) is 4.79 Å². The van der Waals surface area contributed by atoms with Gasteiger partial charge in [0.25, 0.3) is 0 Å². The highest BCUT2D eigenvalue weighted by Gasteiger charge is 2.04. The fourth-order valence-corrected chi connectivity index (χ4v) is 1.44. The van der Waals surface area contributed by atoms with Crippen molar-refractivity contribution in [1.29, 1.82) is 0 Å². The minimum Gasteiger partial charge on any atom is -0.393 e. The molecule has 6 heteroatoms. The van der Waals surface area contributed by atoms with Crippen molar-refractivity contribution in [3.05, 3.63) is 28.2 Å². The molecular weight excluding hydrogens is 263 g/mol. The van der Waals surface area contributed by atoms with Gasteiger partial charge in [-0.2, -0.15) is 0 Å². The highest BCUT2D eigenvalue weighted by molar-refractivity contribution is 6.42. The van der Waals surface area contributed by atoms with E-state index in [1.807, 2.05) is 0 Å². The minimum atomic E-state index is -0.430. The number of carbonyl (C=O) groups excluding carboxylic acids is 1. The summed E-state index contributed by atoms with van der Waals surface area (Å²) in [5.74, 6) is 0. The average Bonchev–Trinajstić information content (AvgIpc) is 2.23. The number of carbonyl (C=O) groups is 1. The SMILES string of the molecule is CC(O)CCNC(=O)Nc1ccc(Cl)c(Cl)c1. The number of aliphatic hydroxyl groups excluding tert-OH is 1. The molecule has 0 saturated heterocycles. The Balaban J connectivity index is 2.42. The van der Waals surface area contributed by atoms with E-state index in [1.165, 1.54) is 0 Å². The third-order valence-corrected chi connectivity index (χ3v) is 2.76. The number of benzene rings is 1. The lowest BCUT2D eigenvalue weighted by Crippen LogP contribution is -2.30. The van der Waals surface area contributed by atoms with Crippen LogP contribution in [0, 0.1) is 0 Å². The lowest BCUT2D eigenvalue weighted by atomic mass is 10.3. The van der Waals surface area contributed by atoms with Gasteiger partial charge in [0.05, 0.1) is 16.1 Å². The number of halogens is 2. The number of hydrogen-bond donors (Lipinski definition) is 3. The van der Waals surface area contributed by atoms with Crippen LogP contribution in [0.3, 0.4) is 0 Å². The van der Waals surface area contributed by atoms with Gasteiger partial charge in [-0.3, -0.25) is 0 Å². The van der Waals surface area contributed by atoms with Gasteiger partial charge in [-0.1, -0.05) is 23.2 Å². The van der Waals surface area contributed by atoms with Crippen LogP contribution in [0.5, 0.6) is 0 Å². The number of urea groups is 1. The summed E-state index contributed by atoms with van der Waals surface area (Å²) >= 11 is 11.6. The Labute approximate surface area is 110 Å². The van der Waals surface area contributed by atoms with E-state index in [-0.39, 0.29) is 6.03 Å². The molecule has 0 saturated carbocycles. The van der Waals surface area contributed by atoms with Crippen molar-refractivity contribution in [2.24, 2.45) is 0 Å². The van der Waals surface area contributed by atoms with E-state index in [1.54, 1.807) is 25.1 Å². The maximum Gasteiger partial charge on any atom is 0.319 e. The van der Waals surface area contributed by atoms with E-state index >= 15 is 0 Å². The fourth-order valence-electron chi connectivity index (χ4n) is 1.14. The number of anilines is 1. The van der Waals surface area contributed by atoms with Crippen LogP contribution in [0.4, 0.5) is 10.5 Å². The summed E-state index contributed by atoms with van der Waals surface area (Å²) in [5, 5.41) is 15.1. The Kier molecular flexibility index (Phi) is 5.55. The summed E-state index contributed by atoms with van der Waals surface area (Å²) in [4.78, 5) is 11.4. The molecule has 0 aliphatic carbocycles. The summed E-state index contributed by atoms with van der Waals surface area (Å²) in [7, 11) is 0. The molecule has 0 radical (unpaired) electrons. The molecule has 2 amide bonds. The van der Waals surface area contributed by atoms with E-state index in [2.05, 4.69) is 10.6 Å². The van der Waals surface area contributed by atoms with Gasteiger partial charge in [0.1, 0.15) is 0 Å². The van der Waals surface area contributed by atoms with E-state index < -0.39 is 6.10 Å². The first-order valence-corrected chi connectivity index (χ1v) is 5.92. The van der Waals surface area contributed by atoms with Gasteiger partial charge in [-0.05, 0) is 31.5 Å². The minimum absolute atomic E-state index is 0.343. The molecule has 94 valence electrons. The number of hydrogen-bond acceptors (Lipinski definition) is 2. The van der Waals surface area contributed by atoms with Gasteiger partial charge < -0.3 is 15.7 Å². The summed E-state index contributed by atoms with van der Waals surface area (Å²) in [6.07, 6.45) is 0.0784. The van der Waals surface area contributed by atoms with Gasteiger partial charge in [0.15, 0.2) is 0 Å². The molecule has 1 aromatic carbocycles. The molecule has 1 rings (SSSR count). The molecule has 0 aliphatic rings. The third kappa shape index (κ3) is 5.26. The van der Waals surface area contributed by atoms with E-state index in [0.29, 0.717) is 28.7 Å². The number of nitrogens with one attached hydrogen (secondary N) is 2. The quantitative estimate of drug-likeness (QED) is 0.792. The number of amides is 2. The molecule has 1 aromatic rings. The van der Waals surface area contributed by atoms with Crippen LogP contribution >= 0.6 is 23.2 Å². The molecule has 0 spiro atoms. The van der Waals surface area contributed by atoms with Crippen LogP contribution in [0.1, 0.15) is 13.3 Å². The summed E-state index contributed by atoms with van der Waals surface area (Å²) < 4.78 is 0. The van der Waals surface area contributed by atoms with Crippen LogP contribution < -0.4 is 10.6 Å². The summed E-state index contributed by atoms with van der Waals surface area (Å²) in [5.41, 5.74) is 0.564. The second kappa shape index (κ2) is 6.69. The Bertz CT molecular complexity index is 397. The van der Waals surface area contributed by atoms with Crippen LogP contribution in [-0.2, 0) is 0 Å². The summed E-state index contributed by atoms with van der Waals surface area (Å²) in [6, 6.07) is 4.49. The highest BCUT2D eigenvalue weighted by Crippen LogP contribution is 2.24.